The van der Waals surface area contributed by atoms with Crippen LogP contribution in [-0.4, -0.2) is 18.3 Å². The van der Waals surface area contributed by atoms with Gasteiger partial charge < -0.3 is 9.47 Å². The maximum absolute atomic E-state index is 6.19. The van der Waals surface area contributed by atoms with Crippen LogP contribution in [0.1, 0.15) is 45.7 Å². The molecule has 2 unspecified atom stereocenters. The molecule has 2 rings (SSSR count). The Morgan fingerprint density at radius 2 is 2.05 bits per heavy atom. The minimum Gasteiger partial charge on any atom is -0.496 e. The summed E-state index contributed by atoms with van der Waals surface area (Å²) in [6.07, 6.45) is 0.917. The molecule has 118 valence electrons. The fraction of sp³-hybridized carbons (Fsp3) is 0.625. The number of halogens is 1. The van der Waals surface area contributed by atoms with Gasteiger partial charge in [-0.2, -0.15) is 0 Å². The van der Waals surface area contributed by atoms with E-state index in [1.807, 2.05) is 18.2 Å². The molecule has 1 saturated heterocycles. The minimum absolute atomic E-state index is 0.0611. The van der Waals surface area contributed by atoms with Gasteiger partial charge in [-0.05, 0) is 46.2 Å². The summed E-state index contributed by atoms with van der Waals surface area (Å²) in [5.74, 6) is 6.83. The second kappa shape index (κ2) is 5.76. The van der Waals surface area contributed by atoms with E-state index in [0.29, 0.717) is 5.02 Å². The molecule has 1 aromatic carbocycles. The summed E-state index contributed by atoms with van der Waals surface area (Å²) >= 11 is 6.05. The molecule has 0 spiro atoms. The Labute approximate surface area is 131 Å². The van der Waals surface area contributed by atoms with Crippen LogP contribution in [0.3, 0.4) is 0 Å². The molecule has 4 nitrogen and oxygen atoms in total. The molecule has 21 heavy (non-hydrogen) atoms. The van der Waals surface area contributed by atoms with Crippen LogP contribution >= 0.6 is 11.6 Å². The fourth-order valence-electron chi connectivity index (χ4n) is 3.49. The van der Waals surface area contributed by atoms with Crippen molar-refractivity contribution in [1.82, 2.24) is 5.43 Å². The number of nitrogens with one attached hydrogen (secondary N) is 1. The van der Waals surface area contributed by atoms with Crippen LogP contribution in [0.4, 0.5) is 0 Å². The summed E-state index contributed by atoms with van der Waals surface area (Å²) in [5.41, 5.74) is 3.51. The lowest BCUT2D eigenvalue weighted by Crippen LogP contribution is -2.41. The molecule has 1 fully saturated rings. The number of hydrogen-bond acceptors (Lipinski definition) is 4. The van der Waals surface area contributed by atoms with Crippen LogP contribution in [0.25, 0.3) is 0 Å². The average Bonchev–Trinajstić information content (AvgIpc) is 2.60. The highest BCUT2D eigenvalue weighted by Crippen LogP contribution is 2.48. The summed E-state index contributed by atoms with van der Waals surface area (Å²) in [6, 6.07) is 5.58. The largest absolute Gasteiger partial charge is 0.496 e. The molecule has 0 aliphatic carbocycles. The number of benzene rings is 1. The van der Waals surface area contributed by atoms with E-state index in [0.717, 1.165) is 17.7 Å². The molecular formula is C16H25ClN2O2. The smallest absolute Gasteiger partial charge is 0.125 e. The standard InChI is InChI=1S/C16H25ClN2O2/c1-15(2)9-12(16(3,4)21-15)14(19-18)11-7-6-10(17)8-13(11)20-5/h6-8,12,14,19H,9,18H2,1-5H3. The zero-order chi connectivity index (χ0) is 15.8. The van der Waals surface area contributed by atoms with Gasteiger partial charge >= 0.3 is 0 Å². The van der Waals surface area contributed by atoms with E-state index in [2.05, 4.69) is 33.1 Å². The SMILES string of the molecule is COc1cc(Cl)ccc1C(NN)C1CC(C)(C)OC1(C)C. The lowest BCUT2D eigenvalue weighted by atomic mass is 9.79. The first kappa shape index (κ1) is 16.6. The fourth-order valence-corrected chi connectivity index (χ4v) is 3.65. The number of ether oxygens (including phenoxy) is 2. The second-order valence-corrected chi connectivity index (χ2v) is 7.24. The predicted octanol–water partition coefficient (Wildman–Crippen LogP) is 3.45. The van der Waals surface area contributed by atoms with E-state index in [1.54, 1.807) is 7.11 Å². The lowest BCUT2D eigenvalue weighted by molar-refractivity contribution is -0.0779. The van der Waals surface area contributed by atoms with Crippen LogP contribution < -0.4 is 16.0 Å². The van der Waals surface area contributed by atoms with Gasteiger partial charge in [0.1, 0.15) is 5.75 Å². The van der Waals surface area contributed by atoms with Gasteiger partial charge in [0.2, 0.25) is 0 Å². The van der Waals surface area contributed by atoms with Crippen molar-refractivity contribution in [3.05, 3.63) is 28.8 Å². The normalized spacial score (nSPS) is 24.8. The van der Waals surface area contributed by atoms with Gasteiger partial charge in [-0.25, -0.2) is 0 Å². The molecule has 0 bridgehead atoms. The molecule has 1 heterocycles. The van der Waals surface area contributed by atoms with E-state index in [-0.39, 0.29) is 23.2 Å². The van der Waals surface area contributed by atoms with Gasteiger partial charge in [0.15, 0.2) is 0 Å². The van der Waals surface area contributed by atoms with Gasteiger partial charge in [-0.1, -0.05) is 17.7 Å². The number of nitrogens with two attached hydrogens (primary N) is 1. The number of hydrogen-bond donors (Lipinski definition) is 2. The van der Waals surface area contributed by atoms with Crippen molar-refractivity contribution in [3.63, 3.8) is 0 Å². The topological polar surface area (TPSA) is 56.5 Å². The average molecular weight is 313 g/mol. The van der Waals surface area contributed by atoms with Crippen molar-refractivity contribution in [2.24, 2.45) is 11.8 Å². The Morgan fingerprint density at radius 3 is 2.52 bits per heavy atom. The molecular weight excluding hydrogens is 288 g/mol. The predicted molar refractivity (Wildman–Crippen MR) is 85.4 cm³/mol. The van der Waals surface area contributed by atoms with Crippen LogP contribution in [0, 0.1) is 5.92 Å². The van der Waals surface area contributed by atoms with Gasteiger partial charge in [0.25, 0.3) is 0 Å². The van der Waals surface area contributed by atoms with Crippen LogP contribution in [-0.2, 0) is 4.74 Å². The third kappa shape index (κ3) is 3.34. The molecule has 2 atom stereocenters. The lowest BCUT2D eigenvalue weighted by Gasteiger charge is -2.33. The maximum atomic E-state index is 6.19. The highest BCUT2D eigenvalue weighted by Gasteiger charge is 2.49. The molecule has 0 amide bonds. The Bertz CT molecular complexity index is 517. The monoisotopic (exact) mass is 312 g/mol. The van der Waals surface area contributed by atoms with Crippen LogP contribution in [0.2, 0.25) is 5.02 Å². The molecule has 1 aromatic rings. The molecule has 5 heteroatoms. The Hall–Kier alpha value is -0.810. The van der Waals surface area contributed by atoms with Gasteiger partial charge in [-0.15, -0.1) is 0 Å². The Balaban J connectivity index is 2.41. The quantitative estimate of drug-likeness (QED) is 0.660. The molecule has 0 radical (unpaired) electrons. The van der Waals surface area contributed by atoms with E-state index in [4.69, 9.17) is 26.9 Å². The van der Waals surface area contributed by atoms with Crippen molar-refractivity contribution < 1.29 is 9.47 Å². The van der Waals surface area contributed by atoms with Crippen LogP contribution in [0.5, 0.6) is 5.75 Å². The molecule has 3 N–H and O–H groups in total. The summed E-state index contributed by atoms with van der Waals surface area (Å²) in [5, 5.41) is 0.647. The number of hydrazine groups is 1. The Kier molecular flexibility index (Phi) is 4.54. The van der Waals surface area contributed by atoms with Gasteiger partial charge in [-0.3, -0.25) is 11.3 Å². The van der Waals surface area contributed by atoms with Crippen molar-refractivity contribution in [2.75, 3.05) is 7.11 Å². The first-order chi connectivity index (χ1) is 9.70. The Morgan fingerprint density at radius 1 is 1.38 bits per heavy atom. The summed E-state index contributed by atoms with van der Waals surface area (Å²) < 4.78 is 11.7. The van der Waals surface area contributed by atoms with Gasteiger partial charge in [0, 0.05) is 16.5 Å². The van der Waals surface area contributed by atoms with Crippen molar-refractivity contribution in [1.29, 1.82) is 0 Å². The summed E-state index contributed by atoms with van der Waals surface area (Å²) in [6.45, 7) is 8.45. The zero-order valence-electron chi connectivity index (χ0n) is 13.4. The van der Waals surface area contributed by atoms with E-state index in [1.165, 1.54) is 0 Å². The first-order valence-electron chi connectivity index (χ1n) is 7.20. The molecule has 1 aliphatic heterocycles. The number of methoxy groups -OCH3 is 1. The van der Waals surface area contributed by atoms with Gasteiger partial charge in [0.05, 0.1) is 24.4 Å². The molecule has 0 aromatic heterocycles. The second-order valence-electron chi connectivity index (χ2n) is 6.81. The van der Waals surface area contributed by atoms with Crippen molar-refractivity contribution in [2.45, 2.75) is 51.4 Å². The third-order valence-electron chi connectivity index (χ3n) is 4.26. The van der Waals surface area contributed by atoms with E-state index < -0.39 is 0 Å². The summed E-state index contributed by atoms with van der Waals surface area (Å²) in [7, 11) is 1.64. The van der Waals surface area contributed by atoms with E-state index in [9.17, 15) is 0 Å². The number of rotatable bonds is 4. The third-order valence-corrected chi connectivity index (χ3v) is 4.49. The first-order valence-corrected chi connectivity index (χ1v) is 7.58. The van der Waals surface area contributed by atoms with Crippen LogP contribution in [0.15, 0.2) is 18.2 Å². The highest BCUT2D eigenvalue weighted by molar-refractivity contribution is 6.30. The van der Waals surface area contributed by atoms with Crippen molar-refractivity contribution >= 4 is 11.6 Å². The molecule has 1 aliphatic rings. The van der Waals surface area contributed by atoms with E-state index >= 15 is 0 Å². The highest BCUT2D eigenvalue weighted by atomic mass is 35.5. The van der Waals surface area contributed by atoms with Crippen molar-refractivity contribution in [3.8, 4) is 5.75 Å². The minimum atomic E-state index is -0.273. The summed E-state index contributed by atoms with van der Waals surface area (Å²) in [4.78, 5) is 0. The molecule has 0 saturated carbocycles. The zero-order valence-corrected chi connectivity index (χ0v) is 14.1. The maximum Gasteiger partial charge on any atom is 0.125 e.